The molecule has 17 heavy (non-hydrogen) atoms. The van der Waals surface area contributed by atoms with Crippen LogP contribution in [0.15, 0.2) is 24.3 Å². The molecule has 0 unspecified atom stereocenters. The highest BCUT2D eigenvalue weighted by Crippen LogP contribution is 2.13. The van der Waals surface area contributed by atoms with Gasteiger partial charge in [0.15, 0.2) is 0 Å². The largest absolute Gasteiger partial charge is 0.492 e. The minimum absolute atomic E-state index is 0. The SMILES string of the molecule is Cl.N[C@@H](Cc1ccc(OCCCl)cc1)C(=O)O. The summed E-state index contributed by atoms with van der Waals surface area (Å²) < 4.78 is 5.28. The highest BCUT2D eigenvalue weighted by Gasteiger charge is 2.11. The predicted molar refractivity (Wildman–Crippen MR) is 69.2 cm³/mol. The van der Waals surface area contributed by atoms with Crippen molar-refractivity contribution in [2.75, 3.05) is 12.5 Å². The van der Waals surface area contributed by atoms with E-state index in [1.165, 1.54) is 0 Å². The van der Waals surface area contributed by atoms with Crippen molar-refractivity contribution in [3.05, 3.63) is 29.8 Å². The zero-order chi connectivity index (χ0) is 12.0. The van der Waals surface area contributed by atoms with Crippen LogP contribution < -0.4 is 10.5 Å². The Hall–Kier alpha value is -0.970. The minimum Gasteiger partial charge on any atom is -0.492 e. The fraction of sp³-hybridized carbons (Fsp3) is 0.364. The van der Waals surface area contributed by atoms with Gasteiger partial charge in [0.25, 0.3) is 0 Å². The van der Waals surface area contributed by atoms with Crippen molar-refractivity contribution in [2.24, 2.45) is 5.73 Å². The number of carboxylic acids is 1. The molecule has 3 N–H and O–H groups in total. The molecular weight excluding hydrogens is 265 g/mol. The van der Waals surface area contributed by atoms with Crippen molar-refractivity contribution in [2.45, 2.75) is 12.5 Å². The fourth-order valence-corrected chi connectivity index (χ4v) is 1.30. The number of nitrogens with two attached hydrogens (primary N) is 1. The molecule has 96 valence electrons. The van der Waals surface area contributed by atoms with Crippen LogP contribution in [0.4, 0.5) is 0 Å². The Bertz CT molecular complexity index is 343. The zero-order valence-corrected chi connectivity index (χ0v) is 10.7. The molecule has 0 aliphatic carbocycles. The van der Waals surface area contributed by atoms with Crippen LogP contribution in [-0.2, 0) is 11.2 Å². The fourth-order valence-electron chi connectivity index (χ4n) is 1.22. The molecule has 0 heterocycles. The minimum atomic E-state index is -0.998. The number of hydrogen-bond acceptors (Lipinski definition) is 3. The summed E-state index contributed by atoms with van der Waals surface area (Å²) in [7, 11) is 0. The third-order valence-corrected chi connectivity index (χ3v) is 2.20. The molecule has 0 fully saturated rings. The lowest BCUT2D eigenvalue weighted by atomic mass is 10.1. The van der Waals surface area contributed by atoms with Gasteiger partial charge in [-0.1, -0.05) is 12.1 Å². The number of alkyl halides is 1. The summed E-state index contributed by atoms with van der Waals surface area (Å²) in [6, 6.07) is 6.28. The van der Waals surface area contributed by atoms with E-state index in [-0.39, 0.29) is 12.4 Å². The third kappa shape index (κ3) is 5.77. The van der Waals surface area contributed by atoms with Crippen LogP contribution >= 0.6 is 24.0 Å². The molecule has 0 aliphatic heterocycles. The van der Waals surface area contributed by atoms with Crippen molar-refractivity contribution >= 4 is 30.0 Å². The first-order valence-corrected chi connectivity index (χ1v) is 5.43. The molecule has 1 rings (SSSR count). The van der Waals surface area contributed by atoms with Crippen LogP contribution in [-0.4, -0.2) is 29.6 Å². The van der Waals surface area contributed by atoms with Gasteiger partial charge in [-0.15, -0.1) is 24.0 Å². The molecule has 0 aromatic heterocycles. The molecule has 4 nitrogen and oxygen atoms in total. The topological polar surface area (TPSA) is 72.5 Å². The Balaban J connectivity index is 0.00000256. The molecule has 1 aromatic carbocycles. The van der Waals surface area contributed by atoms with Crippen LogP contribution in [0, 0.1) is 0 Å². The third-order valence-electron chi connectivity index (χ3n) is 2.04. The average molecular weight is 280 g/mol. The van der Waals surface area contributed by atoms with Crippen molar-refractivity contribution < 1.29 is 14.6 Å². The number of rotatable bonds is 6. The van der Waals surface area contributed by atoms with Gasteiger partial charge in [0.05, 0.1) is 5.88 Å². The highest BCUT2D eigenvalue weighted by atomic mass is 35.5. The lowest BCUT2D eigenvalue weighted by Gasteiger charge is -2.08. The van der Waals surface area contributed by atoms with Gasteiger partial charge >= 0.3 is 5.97 Å². The molecule has 0 saturated carbocycles. The van der Waals surface area contributed by atoms with Gasteiger partial charge in [-0.3, -0.25) is 4.79 Å². The van der Waals surface area contributed by atoms with E-state index in [1.54, 1.807) is 24.3 Å². The number of hydrogen-bond donors (Lipinski definition) is 2. The molecule has 0 spiro atoms. The Kier molecular flexibility index (Phi) is 7.70. The summed E-state index contributed by atoms with van der Waals surface area (Å²) in [4.78, 5) is 10.5. The second-order valence-corrected chi connectivity index (χ2v) is 3.71. The Morgan fingerprint density at radius 1 is 1.41 bits per heavy atom. The summed E-state index contributed by atoms with van der Waals surface area (Å²) in [6.07, 6.45) is 0.311. The monoisotopic (exact) mass is 279 g/mol. The maximum atomic E-state index is 10.5. The second kappa shape index (κ2) is 8.17. The highest BCUT2D eigenvalue weighted by molar-refractivity contribution is 6.18. The van der Waals surface area contributed by atoms with Crippen LogP contribution in [0.3, 0.4) is 0 Å². The maximum absolute atomic E-state index is 10.5. The van der Waals surface area contributed by atoms with Gasteiger partial charge in [0.1, 0.15) is 18.4 Å². The van der Waals surface area contributed by atoms with Gasteiger partial charge < -0.3 is 15.6 Å². The van der Waals surface area contributed by atoms with Crippen LogP contribution in [0.1, 0.15) is 5.56 Å². The number of aliphatic carboxylic acids is 1. The molecule has 0 bridgehead atoms. The lowest BCUT2D eigenvalue weighted by molar-refractivity contribution is -0.138. The molecule has 0 amide bonds. The van der Waals surface area contributed by atoms with Crippen molar-refractivity contribution in [1.29, 1.82) is 0 Å². The van der Waals surface area contributed by atoms with E-state index in [2.05, 4.69) is 0 Å². The number of halogens is 2. The van der Waals surface area contributed by atoms with Gasteiger partial charge in [-0.05, 0) is 24.1 Å². The quantitative estimate of drug-likeness (QED) is 0.778. The summed E-state index contributed by atoms with van der Waals surface area (Å²) in [5, 5.41) is 8.65. The predicted octanol–water partition coefficient (Wildman–Crippen LogP) is 1.68. The van der Waals surface area contributed by atoms with Gasteiger partial charge in [-0.25, -0.2) is 0 Å². The van der Waals surface area contributed by atoms with E-state index in [0.717, 1.165) is 5.56 Å². The first-order valence-electron chi connectivity index (χ1n) is 4.89. The number of carboxylic acid groups (broad SMARTS) is 1. The van der Waals surface area contributed by atoms with E-state index in [4.69, 9.17) is 27.2 Å². The standard InChI is InChI=1S/C11H14ClNO3.ClH/c12-5-6-16-9-3-1-8(2-4-9)7-10(13)11(14)15;/h1-4,10H,5-7,13H2,(H,14,15);1H/t10-;/m0./s1. The Morgan fingerprint density at radius 3 is 2.47 bits per heavy atom. The molecule has 0 saturated heterocycles. The van der Waals surface area contributed by atoms with Gasteiger partial charge in [-0.2, -0.15) is 0 Å². The van der Waals surface area contributed by atoms with Gasteiger partial charge in [0, 0.05) is 0 Å². The van der Waals surface area contributed by atoms with E-state index in [9.17, 15) is 4.79 Å². The number of ether oxygens (including phenoxy) is 1. The average Bonchev–Trinajstić information content (AvgIpc) is 2.28. The Labute approximate surface area is 111 Å². The first kappa shape index (κ1) is 16.0. The van der Waals surface area contributed by atoms with E-state index < -0.39 is 12.0 Å². The number of carbonyl (C=O) groups is 1. The number of benzene rings is 1. The van der Waals surface area contributed by atoms with Crippen molar-refractivity contribution in [3.63, 3.8) is 0 Å². The smallest absolute Gasteiger partial charge is 0.320 e. The van der Waals surface area contributed by atoms with E-state index >= 15 is 0 Å². The van der Waals surface area contributed by atoms with E-state index in [1.807, 2.05) is 0 Å². The van der Waals surface area contributed by atoms with Crippen molar-refractivity contribution in [3.8, 4) is 5.75 Å². The summed E-state index contributed by atoms with van der Waals surface area (Å²) >= 11 is 5.48. The lowest BCUT2D eigenvalue weighted by Crippen LogP contribution is -2.32. The molecule has 0 aliphatic rings. The molecule has 1 aromatic rings. The summed E-state index contributed by atoms with van der Waals surface area (Å²) in [6.45, 7) is 0.454. The van der Waals surface area contributed by atoms with Crippen LogP contribution in [0.25, 0.3) is 0 Å². The van der Waals surface area contributed by atoms with Crippen LogP contribution in [0.5, 0.6) is 5.75 Å². The maximum Gasteiger partial charge on any atom is 0.320 e. The molecule has 6 heteroatoms. The van der Waals surface area contributed by atoms with Crippen molar-refractivity contribution in [1.82, 2.24) is 0 Å². The molecule has 1 atom stereocenters. The van der Waals surface area contributed by atoms with Gasteiger partial charge in [0.2, 0.25) is 0 Å². The molecular formula is C11H15Cl2NO3. The molecule has 0 radical (unpaired) electrons. The summed E-state index contributed by atoms with van der Waals surface area (Å²) in [5.41, 5.74) is 6.29. The Morgan fingerprint density at radius 2 is 2.00 bits per heavy atom. The van der Waals surface area contributed by atoms with Crippen LogP contribution in [0.2, 0.25) is 0 Å². The normalized spacial score (nSPS) is 11.4. The first-order chi connectivity index (χ1) is 7.63. The van der Waals surface area contributed by atoms with E-state index in [0.29, 0.717) is 24.7 Å². The zero-order valence-electron chi connectivity index (χ0n) is 9.14. The summed E-state index contributed by atoms with van der Waals surface area (Å²) in [5.74, 6) is 0.154. The second-order valence-electron chi connectivity index (χ2n) is 3.33.